The summed E-state index contributed by atoms with van der Waals surface area (Å²) >= 11 is 1.67. The maximum absolute atomic E-state index is 11.9. The van der Waals surface area contributed by atoms with Crippen molar-refractivity contribution in [3.63, 3.8) is 0 Å². The highest BCUT2D eigenvalue weighted by atomic mass is 32.1. The third-order valence-electron chi connectivity index (χ3n) is 4.66. The maximum Gasteiger partial charge on any atom is 0.407 e. The van der Waals surface area contributed by atoms with Crippen LogP contribution in [0.15, 0.2) is 29.6 Å². The first-order valence-electron chi connectivity index (χ1n) is 10.2. The number of nitrogens with zero attached hydrogens (tertiary/aromatic N) is 2. The average molecular weight is 418 g/mol. The molecule has 1 saturated heterocycles. The van der Waals surface area contributed by atoms with Crippen molar-refractivity contribution in [2.45, 2.75) is 58.7 Å². The van der Waals surface area contributed by atoms with Crippen LogP contribution in [0.25, 0.3) is 10.6 Å². The minimum atomic E-state index is -0.462. The van der Waals surface area contributed by atoms with Crippen LogP contribution in [-0.4, -0.2) is 47.3 Å². The smallest absolute Gasteiger partial charge is 0.407 e. The van der Waals surface area contributed by atoms with Gasteiger partial charge in [-0.25, -0.2) is 9.78 Å². The zero-order chi connectivity index (χ0) is 20.9. The van der Waals surface area contributed by atoms with E-state index in [0.717, 1.165) is 54.5 Å². The molecular formula is C22H31N3O3S. The second-order valence-corrected chi connectivity index (χ2v) is 9.16. The summed E-state index contributed by atoms with van der Waals surface area (Å²) in [5.74, 6) is 0.885. The Hall–Kier alpha value is -2.12. The van der Waals surface area contributed by atoms with Crippen molar-refractivity contribution in [2.24, 2.45) is 0 Å². The highest BCUT2D eigenvalue weighted by Gasteiger charge is 2.24. The van der Waals surface area contributed by atoms with E-state index < -0.39 is 5.60 Å². The molecule has 6 nitrogen and oxygen atoms in total. The molecule has 29 heavy (non-hydrogen) atoms. The number of likely N-dealkylation sites (tertiary alicyclic amines) is 1. The lowest BCUT2D eigenvalue weighted by Gasteiger charge is -2.32. The Morgan fingerprint density at radius 3 is 2.55 bits per heavy atom. The van der Waals surface area contributed by atoms with Crippen LogP contribution in [0.4, 0.5) is 4.79 Å². The van der Waals surface area contributed by atoms with E-state index in [1.807, 2.05) is 39.8 Å². The number of rotatable bonds is 6. The monoisotopic (exact) mass is 417 g/mol. The van der Waals surface area contributed by atoms with Gasteiger partial charge in [0.15, 0.2) is 0 Å². The lowest BCUT2D eigenvalue weighted by molar-refractivity contribution is 0.0477. The Balaban J connectivity index is 1.47. The van der Waals surface area contributed by atoms with Gasteiger partial charge >= 0.3 is 6.09 Å². The molecule has 0 saturated carbocycles. The molecule has 0 aliphatic carbocycles. The third-order valence-corrected chi connectivity index (χ3v) is 5.60. The molecule has 0 spiro atoms. The van der Waals surface area contributed by atoms with Gasteiger partial charge in [-0.15, -0.1) is 11.3 Å². The molecule has 1 aliphatic rings. The van der Waals surface area contributed by atoms with Crippen molar-refractivity contribution in [3.8, 4) is 16.3 Å². The van der Waals surface area contributed by atoms with Crippen molar-refractivity contribution in [1.29, 1.82) is 0 Å². The summed E-state index contributed by atoms with van der Waals surface area (Å²) in [4.78, 5) is 19.1. The number of carbonyl (C=O) groups excluding carboxylic acids is 1. The molecule has 7 heteroatoms. The number of ether oxygens (including phenoxy) is 2. The van der Waals surface area contributed by atoms with Crippen LogP contribution in [-0.2, 0) is 11.3 Å². The Morgan fingerprint density at radius 1 is 1.24 bits per heavy atom. The number of amides is 1. The predicted molar refractivity (Wildman–Crippen MR) is 116 cm³/mol. The molecule has 0 radical (unpaired) electrons. The van der Waals surface area contributed by atoms with Gasteiger partial charge in [-0.05, 0) is 64.8 Å². The fraction of sp³-hybridized carbons (Fsp3) is 0.545. The van der Waals surface area contributed by atoms with Crippen LogP contribution in [0.1, 0.15) is 46.2 Å². The second-order valence-electron chi connectivity index (χ2n) is 8.30. The molecule has 0 bridgehead atoms. The highest BCUT2D eigenvalue weighted by molar-refractivity contribution is 7.13. The molecule has 0 unspecified atom stereocenters. The number of nitrogens with one attached hydrogen (secondary N) is 1. The third kappa shape index (κ3) is 6.72. The number of alkyl carbamates (subject to hydrolysis) is 1. The van der Waals surface area contributed by atoms with Gasteiger partial charge < -0.3 is 14.8 Å². The van der Waals surface area contributed by atoms with Crippen LogP contribution in [0, 0.1) is 0 Å². The molecule has 1 aromatic carbocycles. The Labute approximate surface area is 177 Å². The maximum atomic E-state index is 11.9. The van der Waals surface area contributed by atoms with E-state index in [9.17, 15) is 4.79 Å². The van der Waals surface area contributed by atoms with Crippen molar-refractivity contribution in [3.05, 3.63) is 35.3 Å². The molecule has 0 atom stereocenters. The number of hydrogen-bond donors (Lipinski definition) is 1. The Bertz CT molecular complexity index is 790. The van der Waals surface area contributed by atoms with Crippen molar-refractivity contribution in [1.82, 2.24) is 15.2 Å². The fourth-order valence-electron chi connectivity index (χ4n) is 3.31. The van der Waals surface area contributed by atoms with E-state index >= 15 is 0 Å². The molecule has 2 aromatic rings. The van der Waals surface area contributed by atoms with Gasteiger partial charge in [-0.2, -0.15) is 0 Å². The van der Waals surface area contributed by atoms with Crippen LogP contribution in [0.5, 0.6) is 5.75 Å². The molecule has 158 valence electrons. The van der Waals surface area contributed by atoms with E-state index in [0.29, 0.717) is 6.61 Å². The first-order valence-corrected chi connectivity index (χ1v) is 11.1. The van der Waals surface area contributed by atoms with Crippen LogP contribution >= 0.6 is 11.3 Å². The van der Waals surface area contributed by atoms with Crippen molar-refractivity contribution in [2.75, 3.05) is 19.7 Å². The van der Waals surface area contributed by atoms with Crippen molar-refractivity contribution >= 4 is 17.4 Å². The molecule has 1 aromatic heterocycles. The van der Waals surface area contributed by atoms with Crippen LogP contribution in [0.3, 0.4) is 0 Å². The Morgan fingerprint density at radius 2 is 1.93 bits per heavy atom. The summed E-state index contributed by atoms with van der Waals surface area (Å²) in [6, 6.07) is 8.27. The first-order chi connectivity index (χ1) is 13.8. The van der Waals surface area contributed by atoms with E-state index in [-0.39, 0.29) is 12.1 Å². The van der Waals surface area contributed by atoms with Gasteiger partial charge in [0.1, 0.15) is 16.4 Å². The molecular weight excluding hydrogens is 386 g/mol. The molecule has 1 amide bonds. The number of piperidine rings is 1. The molecule has 1 N–H and O–H groups in total. The van der Waals surface area contributed by atoms with Gasteiger partial charge in [0, 0.05) is 36.6 Å². The van der Waals surface area contributed by atoms with Gasteiger partial charge in [0.2, 0.25) is 0 Å². The minimum absolute atomic E-state index is 0.177. The van der Waals surface area contributed by atoms with E-state index in [4.69, 9.17) is 14.5 Å². The number of carbonyl (C=O) groups is 1. The number of aromatic nitrogens is 1. The standard InChI is InChI=1S/C22H31N3O3S/c1-5-27-19-8-6-16(7-9-19)20-23-18(15-29-20)14-25-12-10-17(11-13-25)24-21(26)28-22(2,3)4/h6-9,15,17H,5,10-14H2,1-4H3,(H,24,26). The van der Waals surface area contributed by atoms with Gasteiger partial charge in [0.05, 0.1) is 12.3 Å². The first kappa shape index (κ1) is 21.6. The lowest BCUT2D eigenvalue weighted by atomic mass is 10.1. The molecule has 1 fully saturated rings. The summed E-state index contributed by atoms with van der Waals surface area (Å²) in [6.45, 7) is 11.0. The average Bonchev–Trinajstić information content (AvgIpc) is 3.11. The number of thiazole rings is 1. The van der Waals surface area contributed by atoms with Crippen LogP contribution < -0.4 is 10.1 Å². The normalized spacial score (nSPS) is 15.9. The van der Waals surface area contributed by atoms with Gasteiger partial charge in [-0.1, -0.05) is 0 Å². The predicted octanol–water partition coefficient (Wildman–Crippen LogP) is 4.70. The molecule has 1 aliphatic heterocycles. The van der Waals surface area contributed by atoms with Crippen LogP contribution in [0.2, 0.25) is 0 Å². The van der Waals surface area contributed by atoms with Gasteiger partial charge in [-0.3, -0.25) is 4.90 Å². The summed E-state index contributed by atoms with van der Waals surface area (Å²) in [6.07, 6.45) is 1.53. The quantitative estimate of drug-likeness (QED) is 0.738. The highest BCUT2D eigenvalue weighted by Crippen LogP contribution is 2.26. The largest absolute Gasteiger partial charge is 0.494 e. The number of benzene rings is 1. The summed E-state index contributed by atoms with van der Waals surface area (Å²) in [5, 5.41) is 6.16. The van der Waals surface area contributed by atoms with E-state index in [1.54, 1.807) is 11.3 Å². The van der Waals surface area contributed by atoms with E-state index in [2.05, 4.69) is 27.7 Å². The summed E-state index contributed by atoms with van der Waals surface area (Å²) in [5.41, 5.74) is 1.75. The second kappa shape index (κ2) is 9.59. The topological polar surface area (TPSA) is 63.7 Å². The van der Waals surface area contributed by atoms with Gasteiger partial charge in [0.25, 0.3) is 0 Å². The fourth-order valence-corrected chi connectivity index (χ4v) is 4.13. The Kier molecular flexibility index (Phi) is 7.14. The lowest BCUT2D eigenvalue weighted by Crippen LogP contribution is -2.45. The number of hydrogen-bond acceptors (Lipinski definition) is 6. The summed E-state index contributed by atoms with van der Waals surface area (Å²) < 4.78 is 10.8. The molecule has 2 heterocycles. The summed E-state index contributed by atoms with van der Waals surface area (Å²) in [7, 11) is 0. The van der Waals surface area contributed by atoms with E-state index in [1.165, 1.54) is 0 Å². The van der Waals surface area contributed by atoms with Crippen molar-refractivity contribution < 1.29 is 14.3 Å². The zero-order valence-corrected chi connectivity index (χ0v) is 18.6. The minimum Gasteiger partial charge on any atom is -0.494 e. The molecule has 3 rings (SSSR count). The SMILES string of the molecule is CCOc1ccc(-c2nc(CN3CCC(NC(=O)OC(C)(C)C)CC3)cs2)cc1. The zero-order valence-electron chi connectivity index (χ0n) is 17.7.